The molecule has 3 aromatic heterocycles. The highest BCUT2D eigenvalue weighted by atomic mass is 32.1. The fourth-order valence-electron chi connectivity index (χ4n) is 3.55. The Hall–Kier alpha value is -2.75. The van der Waals surface area contributed by atoms with E-state index in [-0.39, 0.29) is 11.9 Å². The van der Waals surface area contributed by atoms with Crippen LogP contribution in [0, 0.1) is 12.8 Å². The number of aromatic nitrogens is 5. The quantitative estimate of drug-likeness (QED) is 0.574. The third kappa shape index (κ3) is 4.06. The molecule has 0 aliphatic carbocycles. The molecule has 3 aromatic rings. The third-order valence-corrected chi connectivity index (χ3v) is 6.20. The summed E-state index contributed by atoms with van der Waals surface area (Å²) in [5.41, 5.74) is 10.1. The summed E-state index contributed by atoms with van der Waals surface area (Å²) < 4.78 is 0. The van der Waals surface area contributed by atoms with Crippen molar-refractivity contribution in [3.8, 4) is 0 Å². The molecule has 4 heterocycles. The van der Waals surface area contributed by atoms with Crippen molar-refractivity contribution >= 4 is 40.2 Å². The van der Waals surface area contributed by atoms with Crippen LogP contribution in [-0.4, -0.2) is 50.5 Å². The normalized spacial score (nSPS) is 15.2. The van der Waals surface area contributed by atoms with Crippen LogP contribution in [0.5, 0.6) is 0 Å². The molecule has 10 heteroatoms. The van der Waals surface area contributed by atoms with Gasteiger partial charge in [0, 0.05) is 30.9 Å². The molecule has 0 atom stereocenters. The number of H-pyrrole nitrogens is 1. The van der Waals surface area contributed by atoms with E-state index in [2.05, 4.69) is 35.1 Å². The Morgan fingerprint density at radius 1 is 1.36 bits per heavy atom. The third-order valence-electron chi connectivity index (χ3n) is 5.21. The van der Waals surface area contributed by atoms with Crippen molar-refractivity contribution in [2.45, 2.75) is 32.6 Å². The molecule has 0 aromatic carbocycles. The van der Waals surface area contributed by atoms with Crippen molar-refractivity contribution in [3.05, 3.63) is 22.4 Å². The number of nitrogens with zero attached hydrogens (tertiary/aromatic N) is 5. The van der Waals surface area contributed by atoms with Crippen molar-refractivity contribution in [2.75, 3.05) is 30.3 Å². The van der Waals surface area contributed by atoms with Gasteiger partial charge in [0.25, 0.3) is 0 Å². The number of thiazole rings is 1. The first kappa shape index (κ1) is 18.6. The number of carbonyl (C=O) groups excluding carboxylic acids is 1. The fraction of sp³-hybridized carbons (Fsp3) is 0.500. The molecular formula is C18H24N8OS. The van der Waals surface area contributed by atoms with E-state index in [9.17, 15) is 4.79 Å². The second-order valence-electron chi connectivity index (χ2n) is 7.10. The molecule has 4 rings (SSSR count). The van der Waals surface area contributed by atoms with Crippen LogP contribution in [0.25, 0.3) is 11.2 Å². The number of imidazole rings is 1. The summed E-state index contributed by atoms with van der Waals surface area (Å²) in [7, 11) is 0. The summed E-state index contributed by atoms with van der Waals surface area (Å²) in [6, 6.07) is 0. The SMILES string of the molecule is Cc1ncsc1CCC(=O)NCC1CCN(c2nc(N)nc3nc[nH]c23)CC1. The number of hydrogen-bond donors (Lipinski definition) is 3. The maximum atomic E-state index is 12.2. The number of piperidine rings is 1. The molecule has 4 N–H and O–H groups in total. The number of carbonyl (C=O) groups is 1. The minimum atomic E-state index is 0.109. The number of amides is 1. The summed E-state index contributed by atoms with van der Waals surface area (Å²) in [6.45, 7) is 4.44. The molecule has 9 nitrogen and oxygen atoms in total. The average molecular weight is 401 g/mol. The summed E-state index contributed by atoms with van der Waals surface area (Å²) >= 11 is 1.62. The van der Waals surface area contributed by atoms with E-state index in [1.807, 2.05) is 12.4 Å². The second-order valence-corrected chi connectivity index (χ2v) is 8.04. The highest BCUT2D eigenvalue weighted by Crippen LogP contribution is 2.26. The lowest BCUT2D eigenvalue weighted by Crippen LogP contribution is -2.39. The second kappa shape index (κ2) is 8.09. The van der Waals surface area contributed by atoms with Gasteiger partial charge >= 0.3 is 0 Å². The summed E-state index contributed by atoms with van der Waals surface area (Å²) in [4.78, 5) is 35.6. The zero-order valence-electron chi connectivity index (χ0n) is 15.8. The van der Waals surface area contributed by atoms with Gasteiger partial charge in [0.1, 0.15) is 5.52 Å². The first-order valence-electron chi connectivity index (χ1n) is 9.47. The van der Waals surface area contributed by atoms with Gasteiger partial charge in [0.05, 0.1) is 17.5 Å². The Bertz CT molecular complexity index is 960. The molecule has 1 aliphatic rings. The van der Waals surface area contributed by atoms with Gasteiger partial charge in [-0.15, -0.1) is 11.3 Å². The van der Waals surface area contributed by atoms with Crippen LogP contribution < -0.4 is 16.0 Å². The summed E-state index contributed by atoms with van der Waals surface area (Å²) in [5, 5.41) is 3.09. The van der Waals surface area contributed by atoms with Crippen LogP contribution in [0.15, 0.2) is 11.8 Å². The van der Waals surface area contributed by atoms with E-state index in [1.165, 1.54) is 4.88 Å². The Kier molecular flexibility index (Phi) is 5.38. The summed E-state index contributed by atoms with van der Waals surface area (Å²) in [5.74, 6) is 1.63. The Morgan fingerprint density at radius 3 is 2.93 bits per heavy atom. The minimum Gasteiger partial charge on any atom is -0.368 e. The van der Waals surface area contributed by atoms with Crippen molar-refractivity contribution in [3.63, 3.8) is 0 Å². The topological polar surface area (TPSA) is 126 Å². The first-order chi connectivity index (χ1) is 13.6. The fourth-order valence-corrected chi connectivity index (χ4v) is 4.33. The molecule has 28 heavy (non-hydrogen) atoms. The predicted octanol–water partition coefficient (Wildman–Crippen LogP) is 1.67. The van der Waals surface area contributed by atoms with E-state index in [0.29, 0.717) is 18.0 Å². The smallest absolute Gasteiger partial charge is 0.224 e. The van der Waals surface area contributed by atoms with Crippen molar-refractivity contribution in [2.24, 2.45) is 5.92 Å². The van der Waals surface area contributed by atoms with E-state index in [1.54, 1.807) is 17.7 Å². The van der Waals surface area contributed by atoms with E-state index in [0.717, 1.165) is 55.9 Å². The molecule has 0 saturated carbocycles. The number of anilines is 2. The Morgan fingerprint density at radius 2 is 2.18 bits per heavy atom. The van der Waals surface area contributed by atoms with Crippen molar-refractivity contribution in [1.29, 1.82) is 0 Å². The lowest BCUT2D eigenvalue weighted by Gasteiger charge is -2.33. The highest BCUT2D eigenvalue weighted by Gasteiger charge is 2.23. The molecular weight excluding hydrogens is 376 g/mol. The first-order valence-corrected chi connectivity index (χ1v) is 10.4. The molecule has 1 saturated heterocycles. The van der Waals surface area contributed by atoms with Crippen LogP contribution in [0.3, 0.4) is 0 Å². The van der Waals surface area contributed by atoms with E-state index < -0.39 is 0 Å². The number of fused-ring (bicyclic) bond motifs is 1. The monoisotopic (exact) mass is 400 g/mol. The minimum absolute atomic E-state index is 0.109. The van der Waals surface area contributed by atoms with Gasteiger partial charge in [-0.3, -0.25) is 4.79 Å². The molecule has 0 unspecified atom stereocenters. The van der Waals surface area contributed by atoms with Gasteiger partial charge < -0.3 is 20.9 Å². The molecule has 0 bridgehead atoms. The Balaban J connectivity index is 1.26. The number of rotatable bonds is 6. The van der Waals surface area contributed by atoms with Crippen LogP contribution in [0.1, 0.15) is 29.8 Å². The van der Waals surface area contributed by atoms with Gasteiger partial charge in [-0.25, -0.2) is 9.97 Å². The largest absolute Gasteiger partial charge is 0.368 e. The lowest BCUT2D eigenvalue weighted by atomic mass is 9.96. The molecule has 0 spiro atoms. The molecule has 1 aliphatic heterocycles. The number of aromatic amines is 1. The maximum absolute atomic E-state index is 12.2. The number of nitrogens with two attached hydrogens (primary N) is 1. The van der Waals surface area contributed by atoms with Gasteiger partial charge in [0.2, 0.25) is 11.9 Å². The predicted molar refractivity (Wildman–Crippen MR) is 109 cm³/mol. The molecule has 0 radical (unpaired) electrons. The van der Waals surface area contributed by atoms with Gasteiger partial charge in [0.15, 0.2) is 11.5 Å². The summed E-state index contributed by atoms with van der Waals surface area (Å²) in [6.07, 6.45) is 4.87. The van der Waals surface area contributed by atoms with Crippen LogP contribution in [-0.2, 0) is 11.2 Å². The van der Waals surface area contributed by atoms with Gasteiger partial charge in [-0.2, -0.15) is 9.97 Å². The number of nitrogen functional groups attached to an aromatic ring is 1. The van der Waals surface area contributed by atoms with Crippen LogP contribution in [0.4, 0.5) is 11.8 Å². The van der Waals surface area contributed by atoms with Gasteiger partial charge in [-0.05, 0) is 32.1 Å². The average Bonchev–Trinajstić information content (AvgIpc) is 3.33. The maximum Gasteiger partial charge on any atom is 0.224 e. The van der Waals surface area contributed by atoms with Gasteiger partial charge in [-0.1, -0.05) is 0 Å². The van der Waals surface area contributed by atoms with Crippen LogP contribution >= 0.6 is 11.3 Å². The number of aryl methyl sites for hydroxylation is 2. The number of nitrogens with one attached hydrogen (secondary N) is 2. The molecule has 1 fully saturated rings. The van der Waals surface area contributed by atoms with E-state index >= 15 is 0 Å². The Labute approximate surface area is 166 Å². The zero-order valence-corrected chi connectivity index (χ0v) is 16.6. The van der Waals surface area contributed by atoms with E-state index in [4.69, 9.17) is 5.73 Å². The zero-order chi connectivity index (χ0) is 19.5. The van der Waals surface area contributed by atoms with Crippen molar-refractivity contribution < 1.29 is 4.79 Å². The lowest BCUT2D eigenvalue weighted by molar-refractivity contribution is -0.121. The highest BCUT2D eigenvalue weighted by molar-refractivity contribution is 7.09. The molecule has 1 amide bonds. The van der Waals surface area contributed by atoms with Crippen LogP contribution in [0.2, 0.25) is 0 Å². The number of hydrogen-bond acceptors (Lipinski definition) is 8. The van der Waals surface area contributed by atoms with Crippen molar-refractivity contribution in [1.82, 2.24) is 30.2 Å². The standard InChI is InChI=1S/C18H24N8OS/c1-11-13(28-10-23-11)2-3-14(27)20-8-12-4-6-26(7-5-12)17-15-16(22-9-21-15)24-18(19)25-17/h9-10,12H,2-8H2,1H3,(H,20,27)(H3,19,21,22,24,25). The molecule has 148 valence electrons.